The van der Waals surface area contributed by atoms with Gasteiger partial charge in [-0.2, -0.15) is 0 Å². The van der Waals surface area contributed by atoms with Gasteiger partial charge >= 0.3 is 0 Å². The normalized spacial score (nSPS) is 23.9. The molecular formula is C17H32N2O. The lowest BCUT2D eigenvalue weighted by atomic mass is 9.88. The lowest BCUT2D eigenvalue weighted by molar-refractivity contribution is -0.135. The lowest BCUT2D eigenvalue weighted by Crippen LogP contribution is -2.40. The second-order valence-electron chi connectivity index (χ2n) is 6.77. The van der Waals surface area contributed by atoms with Gasteiger partial charge in [0.15, 0.2) is 0 Å². The van der Waals surface area contributed by atoms with E-state index in [1.807, 2.05) is 0 Å². The highest BCUT2D eigenvalue weighted by Gasteiger charge is 2.26. The highest BCUT2D eigenvalue weighted by molar-refractivity contribution is 5.79. The van der Waals surface area contributed by atoms with Crippen molar-refractivity contribution in [1.82, 2.24) is 4.90 Å². The number of hydrogen-bond donors (Lipinski definition) is 1. The molecule has 1 heterocycles. The molecular weight excluding hydrogens is 248 g/mol. The molecule has 2 fully saturated rings. The van der Waals surface area contributed by atoms with E-state index in [0.29, 0.717) is 12.5 Å². The first-order chi connectivity index (χ1) is 9.81. The number of carbonyl (C=O) groups excluding carboxylic acids is 1. The van der Waals surface area contributed by atoms with Crippen molar-refractivity contribution < 1.29 is 4.79 Å². The fourth-order valence-electron chi connectivity index (χ4n) is 3.85. The van der Waals surface area contributed by atoms with Gasteiger partial charge in [0, 0.05) is 19.6 Å². The predicted molar refractivity (Wildman–Crippen MR) is 83.4 cm³/mol. The zero-order valence-corrected chi connectivity index (χ0v) is 13.0. The number of carbonyl (C=O) groups is 1. The molecule has 2 aliphatic rings. The second-order valence-corrected chi connectivity index (χ2v) is 6.77. The van der Waals surface area contributed by atoms with Crippen molar-refractivity contribution in [2.45, 2.75) is 70.6 Å². The maximum absolute atomic E-state index is 12.7. The summed E-state index contributed by atoms with van der Waals surface area (Å²) in [4.78, 5) is 14.8. The van der Waals surface area contributed by atoms with Gasteiger partial charge in [-0.15, -0.1) is 0 Å². The Balaban J connectivity index is 1.86. The van der Waals surface area contributed by atoms with Crippen LogP contribution in [0.1, 0.15) is 70.6 Å². The van der Waals surface area contributed by atoms with Crippen molar-refractivity contribution in [1.29, 1.82) is 0 Å². The minimum atomic E-state index is 0.0798. The number of amides is 1. The van der Waals surface area contributed by atoms with Gasteiger partial charge in [-0.1, -0.05) is 51.4 Å². The third-order valence-electron chi connectivity index (χ3n) is 5.14. The topological polar surface area (TPSA) is 46.3 Å². The van der Waals surface area contributed by atoms with Crippen LogP contribution in [0.25, 0.3) is 0 Å². The molecule has 0 aromatic rings. The summed E-state index contributed by atoms with van der Waals surface area (Å²) in [6.07, 6.45) is 14.0. The average Bonchev–Trinajstić information content (AvgIpc) is 2.88. The largest absolute Gasteiger partial charge is 0.342 e. The van der Waals surface area contributed by atoms with Crippen LogP contribution < -0.4 is 5.73 Å². The number of rotatable bonds is 4. The van der Waals surface area contributed by atoms with Crippen LogP contribution >= 0.6 is 0 Å². The SMILES string of the molecule is NCC(CC1CCCCCC1)C(=O)N1CCCCCC1. The van der Waals surface area contributed by atoms with Gasteiger partial charge in [-0.3, -0.25) is 4.79 Å². The van der Waals surface area contributed by atoms with Crippen molar-refractivity contribution in [2.24, 2.45) is 17.6 Å². The van der Waals surface area contributed by atoms with Crippen LogP contribution in [0.5, 0.6) is 0 Å². The standard InChI is InChI=1S/C17H32N2O/c18-14-16(13-15-9-5-1-2-6-10-15)17(20)19-11-7-3-4-8-12-19/h15-16H,1-14,18H2. The first-order valence-electron chi connectivity index (χ1n) is 8.80. The van der Waals surface area contributed by atoms with E-state index in [-0.39, 0.29) is 5.92 Å². The van der Waals surface area contributed by atoms with E-state index in [2.05, 4.69) is 4.90 Å². The van der Waals surface area contributed by atoms with Crippen molar-refractivity contribution in [3.05, 3.63) is 0 Å². The zero-order valence-electron chi connectivity index (χ0n) is 13.0. The minimum absolute atomic E-state index is 0.0798. The summed E-state index contributed by atoms with van der Waals surface area (Å²) in [5.41, 5.74) is 5.93. The Bertz CT molecular complexity index is 277. The van der Waals surface area contributed by atoms with Crippen LogP contribution in [-0.2, 0) is 4.79 Å². The third-order valence-corrected chi connectivity index (χ3v) is 5.14. The number of nitrogens with two attached hydrogens (primary N) is 1. The maximum atomic E-state index is 12.7. The highest BCUT2D eigenvalue weighted by Crippen LogP contribution is 2.29. The van der Waals surface area contributed by atoms with Crippen LogP contribution in [0.3, 0.4) is 0 Å². The molecule has 0 radical (unpaired) electrons. The third kappa shape index (κ3) is 4.76. The average molecular weight is 280 g/mol. The molecule has 1 aliphatic carbocycles. The van der Waals surface area contributed by atoms with Crippen LogP contribution in [-0.4, -0.2) is 30.4 Å². The fourth-order valence-corrected chi connectivity index (χ4v) is 3.85. The summed E-state index contributed by atoms with van der Waals surface area (Å²) in [6.45, 7) is 2.45. The molecule has 0 aromatic heterocycles. The zero-order chi connectivity index (χ0) is 14.2. The van der Waals surface area contributed by atoms with E-state index in [0.717, 1.165) is 25.4 Å². The van der Waals surface area contributed by atoms with Gasteiger partial charge in [0.2, 0.25) is 5.91 Å². The quantitative estimate of drug-likeness (QED) is 0.803. The van der Waals surface area contributed by atoms with Crippen LogP contribution in [0.15, 0.2) is 0 Å². The Morgan fingerprint density at radius 3 is 2.05 bits per heavy atom. The Morgan fingerprint density at radius 2 is 1.50 bits per heavy atom. The Kier molecular flexibility index (Phi) is 6.85. The molecule has 1 saturated carbocycles. The van der Waals surface area contributed by atoms with E-state index in [9.17, 15) is 4.79 Å². The molecule has 1 unspecified atom stereocenters. The molecule has 3 heteroatoms. The molecule has 0 aromatic carbocycles. The predicted octanol–water partition coefficient (Wildman–Crippen LogP) is 3.32. The van der Waals surface area contributed by atoms with Crippen molar-refractivity contribution in [3.8, 4) is 0 Å². The Labute approximate surface area is 124 Å². The highest BCUT2D eigenvalue weighted by atomic mass is 16.2. The van der Waals surface area contributed by atoms with Crippen molar-refractivity contribution in [2.75, 3.05) is 19.6 Å². The monoisotopic (exact) mass is 280 g/mol. The van der Waals surface area contributed by atoms with Gasteiger partial charge in [0.05, 0.1) is 5.92 Å². The summed E-state index contributed by atoms with van der Waals surface area (Å²) in [6, 6.07) is 0. The molecule has 1 aliphatic heterocycles. The van der Waals surface area contributed by atoms with Crippen LogP contribution in [0, 0.1) is 11.8 Å². The van der Waals surface area contributed by atoms with Crippen LogP contribution in [0.2, 0.25) is 0 Å². The second kappa shape index (κ2) is 8.66. The molecule has 0 bridgehead atoms. The van der Waals surface area contributed by atoms with E-state index in [1.165, 1.54) is 64.2 Å². The molecule has 2 rings (SSSR count). The van der Waals surface area contributed by atoms with Crippen molar-refractivity contribution >= 4 is 5.91 Å². The molecule has 3 nitrogen and oxygen atoms in total. The van der Waals surface area contributed by atoms with Gasteiger partial charge < -0.3 is 10.6 Å². The summed E-state index contributed by atoms with van der Waals surface area (Å²) in [5.74, 6) is 1.16. The van der Waals surface area contributed by atoms with E-state index < -0.39 is 0 Å². The fraction of sp³-hybridized carbons (Fsp3) is 0.941. The first-order valence-corrected chi connectivity index (χ1v) is 8.80. The summed E-state index contributed by atoms with van der Waals surface area (Å²) in [5, 5.41) is 0. The molecule has 1 atom stereocenters. The number of nitrogens with zero attached hydrogens (tertiary/aromatic N) is 1. The van der Waals surface area contributed by atoms with E-state index >= 15 is 0 Å². The minimum Gasteiger partial charge on any atom is -0.342 e. The van der Waals surface area contributed by atoms with E-state index in [4.69, 9.17) is 5.73 Å². The lowest BCUT2D eigenvalue weighted by Gasteiger charge is -2.27. The van der Waals surface area contributed by atoms with Gasteiger partial charge in [-0.05, 0) is 25.2 Å². The summed E-state index contributed by atoms with van der Waals surface area (Å²) < 4.78 is 0. The molecule has 1 amide bonds. The smallest absolute Gasteiger partial charge is 0.226 e. The maximum Gasteiger partial charge on any atom is 0.226 e. The summed E-state index contributed by atoms with van der Waals surface area (Å²) >= 11 is 0. The Morgan fingerprint density at radius 1 is 0.950 bits per heavy atom. The van der Waals surface area contributed by atoms with Crippen LogP contribution in [0.4, 0.5) is 0 Å². The number of hydrogen-bond acceptors (Lipinski definition) is 2. The molecule has 0 spiro atoms. The van der Waals surface area contributed by atoms with Crippen molar-refractivity contribution in [3.63, 3.8) is 0 Å². The van der Waals surface area contributed by atoms with Gasteiger partial charge in [0.25, 0.3) is 0 Å². The summed E-state index contributed by atoms with van der Waals surface area (Å²) in [7, 11) is 0. The Hall–Kier alpha value is -0.570. The van der Waals surface area contributed by atoms with E-state index in [1.54, 1.807) is 0 Å². The molecule has 2 N–H and O–H groups in total. The number of likely N-dealkylation sites (tertiary alicyclic amines) is 1. The molecule has 20 heavy (non-hydrogen) atoms. The first kappa shape index (κ1) is 15.8. The molecule has 1 saturated heterocycles. The molecule has 116 valence electrons. The van der Waals surface area contributed by atoms with Gasteiger partial charge in [-0.25, -0.2) is 0 Å². The van der Waals surface area contributed by atoms with Gasteiger partial charge in [0.1, 0.15) is 0 Å².